The molecule has 0 spiro atoms. The Morgan fingerprint density at radius 1 is 1.15 bits per heavy atom. The molecule has 20 heavy (non-hydrogen) atoms. The molecule has 5 nitrogen and oxygen atoms in total. The van der Waals surface area contributed by atoms with Crippen LogP contribution in [0.5, 0.6) is 0 Å². The third-order valence-corrected chi connectivity index (χ3v) is 3.66. The van der Waals surface area contributed by atoms with Crippen LogP contribution in [-0.4, -0.2) is 67.7 Å². The molecule has 0 aromatic rings. The maximum absolute atomic E-state index is 12.1. The summed E-state index contributed by atoms with van der Waals surface area (Å²) in [5.41, 5.74) is 5.91. The molecule has 2 atom stereocenters. The molecule has 1 aliphatic heterocycles. The molecule has 0 bridgehead atoms. The number of halogens is 2. The molecule has 0 radical (unpaired) electrons. The summed E-state index contributed by atoms with van der Waals surface area (Å²) in [5.74, 6) is 0.284. The summed E-state index contributed by atoms with van der Waals surface area (Å²) in [6.45, 7) is 10.2. The van der Waals surface area contributed by atoms with Gasteiger partial charge in [0.05, 0.1) is 12.6 Å². The van der Waals surface area contributed by atoms with Crippen LogP contribution < -0.4 is 5.73 Å². The lowest BCUT2D eigenvalue weighted by Crippen LogP contribution is -2.56. The topological polar surface area (TPSA) is 58.8 Å². The fourth-order valence-electron chi connectivity index (χ4n) is 2.23. The van der Waals surface area contributed by atoms with Gasteiger partial charge in [-0.2, -0.15) is 0 Å². The Morgan fingerprint density at radius 2 is 1.65 bits per heavy atom. The zero-order chi connectivity index (χ0) is 13.7. The second kappa shape index (κ2) is 10.6. The molecule has 2 N–H and O–H groups in total. The molecule has 1 heterocycles. The van der Waals surface area contributed by atoms with E-state index in [1.165, 1.54) is 0 Å². The number of methoxy groups -OCH3 is 1. The van der Waals surface area contributed by atoms with Crippen molar-refractivity contribution in [2.45, 2.75) is 32.9 Å². The summed E-state index contributed by atoms with van der Waals surface area (Å²) in [7, 11) is 1.72. The third kappa shape index (κ3) is 6.14. The Bertz CT molecular complexity index is 272. The lowest BCUT2D eigenvalue weighted by Gasteiger charge is -2.39. The van der Waals surface area contributed by atoms with Gasteiger partial charge in [-0.1, -0.05) is 13.8 Å². The van der Waals surface area contributed by atoms with Gasteiger partial charge in [0.15, 0.2) is 0 Å². The van der Waals surface area contributed by atoms with Crippen molar-refractivity contribution < 1.29 is 9.53 Å². The lowest BCUT2D eigenvalue weighted by atomic mass is 10.0. The Balaban J connectivity index is 0. The summed E-state index contributed by atoms with van der Waals surface area (Å²) in [6, 6.07) is 0.0407. The first-order valence-corrected chi connectivity index (χ1v) is 6.74. The maximum Gasteiger partial charge on any atom is 0.239 e. The van der Waals surface area contributed by atoms with Gasteiger partial charge in [0, 0.05) is 39.3 Å². The van der Waals surface area contributed by atoms with Crippen molar-refractivity contribution in [2.24, 2.45) is 11.7 Å². The average Bonchev–Trinajstić information content (AvgIpc) is 2.37. The molecule has 0 aliphatic carbocycles. The van der Waals surface area contributed by atoms with Crippen LogP contribution in [0.2, 0.25) is 0 Å². The molecule has 122 valence electrons. The molecule has 1 saturated heterocycles. The van der Waals surface area contributed by atoms with Crippen molar-refractivity contribution in [3.05, 3.63) is 0 Å². The van der Waals surface area contributed by atoms with Crippen molar-refractivity contribution in [1.29, 1.82) is 0 Å². The highest BCUT2D eigenvalue weighted by atomic mass is 35.5. The van der Waals surface area contributed by atoms with E-state index >= 15 is 0 Å². The van der Waals surface area contributed by atoms with Gasteiger partial charge >= 0.3 is 0 Å². The lowest BCUT2D eigenvalue weighted by molar-refractivity contribution is -0.135. The number of carbonyl (C=O) groups is 1. The second-order valence-electron chi connectivity index (χ2n) is 5.44. The first-order valence-electron chi connectivity index (χ1n) is 6.74. The zero-order valence-electron chi connectivity index (χ0n) is 12.9. The Hall–Kier alpha value is -0.0700. The van der Waals surface area contributed by atoms with Crippen LogP contribution in [0.4, 0.5) is 0 Å². The predicted octanol–water partition coefficient (Wildman–Crippen LogP) is 0.992. The van der Waals surface area contributed by atoms with Crippen LogP contribution in [0.25, 0.3) is 0 Å². The van der Waals surface area contributed by atoms with E-state index in [1.807, 2.05) is 18.7 Å². The van der Waals surface area contributed by atoms with E-state index in [9.17, 15) is 4.79 Å². The summed E-state index contributed by atoms with van der Waals surface area (Å²) in [5, 5.41) is 0. The van der Waals surface area contributed by atoms with E-state index in [-0.39, 0.29) is 42.7 Å². The van der Waals surface area contributed by atoms with Gasteiger partial charge < -0.3 is 15.4 Å². The summed E-state index contributed by atoms with van der Waals surface area (Å²) < 4.78 is 5.16. The van der Waals surface area contributed by atoms with Crippen LogP contribution in [-0.2, 0) is 9.53 Å². The van der Waals surface area contributed by atoms with Crippen LogP contribution in [0, 0.1) is 5.92 Å². The van der Waals surface area contributed by atoms with Crippen LogP contribution in [0.15, 0.2) is 0 Å². The number of carbonyl (C=O) groups excluding carboxylic acids is 1. The van der Waals surface area contributed by atoms with Gasteiger partial charge in [0.25, 0.3) is 0 Å². The smallest absolute Gasteiger partial charge is 0.239 e. The minimum absolute atomic E-state index is 0. The largest absolute Gasteiger partial charge is 0.383 e. The van der Waals surface area contributed by atoms with Crippen molar-refractivity contribution in [2.75, 3.05) is 39.9 Å². The normalized spacial score (nSPS) is 19.0. The second-order valence-corrected chi connectivity index (χ2v) is 5.44. The maximum atomic E-state index is 12.1. The standard InChI is InChI=1S/C13H27N3O2.2ClH/c1-10(2)12(14)13(17)16-7-5-15(6-8-16)11(3)9-18-4;;/h10-12H,5-9,14H2,1-4H3;2*1H/t11?,12-;;/m0../s1. The van der Waals surface area contributed by atoms with Gasteiger partial charge in [0.2, 0.25) is 5.91 Å². The monoisotopic (exact) mass is 329 g/mol. The van der Waals surface area contributed by atoms with E-state index in [4.69, 9.17) is 10.5 Å². The summed E-state index contributed by atoms with van der Waals surface area (Å²) in [6.07, 6.45) is 0. The number of nitrogens with two attached hydrogens (primary N) is 1. The molecular weight excluding hydrogens is 301 g/mol. The summed E-state index contributed by atoms with van der Waals surface area (Å²) >= 11 is 0. The Kier molecular flexibility index (Phi) is 11.8. The SMILES string of the molecule is COCC(C)N1CCN(C(=O)[C@@H](N)C(C)C)CC1.Cl.Cl. The minimum Gasteiger partial charge on any atom is -0.383 e. The van der Waals surface area contributed by atoms with Crippen LogP contribution in [0.3, 0.4) is 0 Å². The van der Waals surface area contributed by atoms with Crippen molar-refractivity contribution >= 4 is 30.7 Å². The fraction of sp³-hybridized carbons (Fsp3) is 0.923. The van der Waals surface area contributed by atoms with Gasteiger partial charge in [-0.15, -0.1) is 24.8 Å². The molecule has 1 fully saturated rings. The minimum atomic E-state index is -0.368. The molecule has 0 aromatic carbocycles. The number of hydrogen-bond donors (Lipinski definition) is 1. The van der Waals surface area contributed by atoms with Crippen molar-refractivity contribution in [3.8, 4) is 0 Å². The van der Waals surface area contributed by atoms with E-state index in [1.54, 1.807) is 7.11 Å². The Labute approximate surface area is 135 Å². The molecule has 7 heteroatoms. The molecule has 0 saturated carbocycles. The van der Waals surface area contributed by atoms with E-state index in [0.717, 1.165) is 32.8 Å². The van der Waals surface area contributed by atoms with Gasteiger partial charge in [-0.05, 0) is 12.8 Å². The third-order valence-electron chi connectivity index (χ3n) is 3.66. The first-order chi connectivity index (χ1) is 8.47. The van der Waals surface area contributed by atoms with Crippen molar-refractivity contribution in [1.82, 2.24) is 9.80 Å². The molecule has 1 amide bonds. The van der Waals surface area contributed by atoms with Crippen LogP contribution >= 0.6 is 24.8 Å². The summed E-state index contributed by atoms with van der Waals surface area (Å²) in [4.78, 5) is 16.3. The predicted molar refractivity (Wildman–Crippen MR) is 86.8 cm³/mol. The first kappa shape index (κ1) is 22.2. The van der Waals surface area contributed by atoms with Gasteiger partial charge in [0.1, 0.15) is 0 Å². The number of hydrogen-bond acceptors (Lipinski definition) is 4. The van der Waals surface area contributed by atoms with Crippen LogP contribution in [0.1, 0.15) is 20.8 Å². The molecular formula is C13H29Cl2N3O2. The Morgan fingerprint density at radius 3 is 2.05 bits per heavy atom. The van der Waals surface area contributed by atoms with E-state index in [0.29, 0.717) is 6.04 Å². The molecule has 0 aromatic heterocycles. The molecule has 1 rings (SSSR count). The van der Waals surface area contributed by atoms with Crippen molar-refractivity contribution in [3.63, 3.8) is 0 Å². The number of rotatable bonds is 5. The average molecular weight is 330 g/mol. The highest BCUT2D eigenvalue weighted by molar-refractivity contribution is 5.85. The van der Waals surface area contributed by atoms with E-state index in [2.05, 4.69) is 11.8 Å². The number of nitrogens with zero attached hydrogens (tertiary/aromatic N) is 2. The molecule has 1 aliphatic rings. The number of amides is 1. The molecule has 1 unspecified atom stereocenters. The number of ether oxygens (including phenoxy) is 1. The highest BCUT2D eigenvalue weighted by Crippen LogP contribution is 2.10. The van der Waals surface area contributed by atoms with E-state index < -0.39 is 0 Å². The van der Waals surface area contributed by atoms with Gasteiger partial charge in [-0.3, -0.25) is 9.69 Å². The fourth-order valence-corrected chi connectivity index (χ4v) is 2.23. The quantitative estimate of drug-likeness (QED) is 0.817. The van der Waals surface area contributed by atoms with Gasteiger partial charge in [-0.25, -0.2) is 0 Å². The number of piperazine rings is 1. The highest BCUT2D eigenvalue weighted by Gasteiger charge is 2.28. The zero-order valence-corrected chi connectivity index (χ0v) is 14.5.